The third-order valence-corrected chi connectivity index (χ3v) is 3.56. The van der Waals surface area contributed by atoms with Crippen LogP contribution in [0.5, 0.6) is 0 Å². The van der Waals surface area contributed by atoms with Gasteiger partial charge in [0.25, 0.3) is 5.91 Å². The molecule has 1 unspecified atom stereocenters. The molecule has 1 aromatic carbocycles. The minimum atomic E-state index is -0.0440. The average Bonchev–Trinajstić information content (AvgIpc) is 2.53. The Morgan fingerprint density at radius 1 is 1.15 bits per heavy atom. The first-order valence-corrected chi connectivity index (χ1v) is 6.97. The Morgan fingerprint density at radius 3 is 2.40 bits per heavy atom. The molecule has 3 nitrogen and oxygen atoms in total. The fraction of sp³-hybridized carbons (Fsp3) is 0.294. The van der Waals surface area contributed by atoms with Crippen LogP contribution in [0, 0.1) is 0 Å². The topological polar surface area (TPSA) is 42.0 Å². The molecule has 0 radical (unpaired) electrons. The number of aromatic nitrogens is 1. The van der Waals surface area contributed by atoms with Crippen molar-refractivity contribution in [3.63, 3.8) is 0 Å². The van der Waals surface area contributed by atoms with Gasteiger partial charge in [0, 0.05) is 24.5 Å². The second kappa shape index (κ2) is 6.85. The molecule has 0 fully saturated rings. The smallest absolute Gasteiger partial charge is 0.251 e. The zero-order valence-corrected chi connectivity index (χ0v) is 12.0. The zero-order chi connectivity index (χ0) is 14.4. The zero-order valence-electron chi connectivity index (χ0n) is 12.0. The van der Waals surface area contributed by atoms with Gasteiger partial charge >= 0.3 is 0 Å². The molecular formula is C17H20N2O. The van der Waals surface area contributed by atoms with Crippen LogP contribution in [0.1, 0.15) is 47.7 Å². The Hall–Kier alpha value is -2.16. The van der Waals surface area contributed by atoms with Crippen LogP contribution < -0.4 is 5.32 Å². The van der Waals surface area contributed by atoms with E-state index in [-0.39, 0.29) is 5.91 Å². The van der Waals surface area contributed by atoms with E-state index in [9.17, 15) is 4.79 Å². The van der Waals surface area contributed by atoms with Crippen LogP contribution in [0.2, 0.25) is 0 Å². The highest BCUT2D eigenvalue weighted by Gasteiger charge is 2.07. The number of nitrogens with zero attached hydrogens (tertiary/aromatic N) is 1. The molecule has 0 spiro atoms. The largest absolute Gasteiger partial charge is 0.348 e. The second-order valence-corrected chi connectivity index (χ2v) is 4.97. The molecule has 2 rings (SSSR count). The van der Waals surface area contributed by atoms with Crippen molar-refractivity contribution in [3.05, 3.63) is 65.5 Å². The summed E-state index contributed by atoms with van der Waals surface area (Å²) in [4.78, 5) is 16.0. The number of hydrogen-bond acceptors (Lipinski definition) is 2. The van der Waals surface area contributed by atoms with Crippen LogP contribution in [0.25, 0.3) is 0 Å². The highest BCUT2D eigenvalue weighted by Crippen LogP contribution is 2.18. The Morgan fingerprint density at radius 2 is 1.80 bits per heavy atom. The molecule has 1 aromatic heterocycles. The summed E-state index contributed by atoms with van der Waals surface area (Å²) in [5, 5.41) is 2.91. The second-order valence-electron chi connectivity index (χ2n) is 4.97. The first-order valence-electron chi connectivity index (χ1n) is 6.97. The van der Waals surface area contributed by atoms with Gasteiger partial charge in [0.05, 0.1) is 0 Å². The summed E-state index contributed by atoms with van der Waals surface area (Å²) in [6.07, 6.45) is 4.55. The van der Waals surface area contributed by atoms with Crippen LogP contribution in [0.15, 0.2) is 48.8 Å². The third kappa shape index (κ3) is 3.67. The molecule has 1 amide bonds. The van der Waals surface area contributed by atoms with Crippen molar-refractivity contribution in [3.8, 4) is 0 Å². The van der Waals surface area contributed by atoms with Gasteiger partial charge in [-0.1, -0.05) is 26.0 Å². The molecule has 1 N–H and O–H groups in total. The summed E-state index contributed by atoms with van der Waals surface area (Å²) < 4.78 is 0. The van der Waals surface area contributed by atoms with Crippen molar-refractivity contribution < 1.29 is 4.79 Å². The monoisotopic (exact) mass is 268 g/mol. The predicted molar refractivity (Wildman–Crippen MR) is 80.6 cm³/mol. The Kier molecular flexibility index (Phi) is 4.88. The minimum absolute atomic E-state index is 0.0440. The molecule has 0 aliphatic carbocycles. The van der Waals surface area contributed by atoms with Gasteiger partial charge in [-0.3, -0.25) is 9.78 Å². The van der Waals surface area contributed by atoms with Crippen molar-refractivity contribution in [2.75, 3.05) is 0 Å². The lowest BCUT2D eigenvalue weighted by Crippen LogP contribution is -2.22. The maximum Gasteiger partial charge on any atom is 0.251 e. The average molecular weight is 268 g/mol. The van der Waals surface area contributed by atoms with Gasteiger partial charge in [-0.2, -0.15) is 0 Å². The fourth-order valence-electron chi connectivity index (χ4n) is 1.98. The summed E-state index contributed by atoms with van der Waals surface area (Å²) in [6, 6.07) is 11.6. The number of benzene rings is 1. The predicted octanol–water partition coefficient (Wildman–Crippen LogP) is 3.53. The standard InChI is InChI=1S/C17H20N2O/c1-3-13(2)15-4-6-16(7-5-15)17(20)19-12-14-8-10-18-11-9-14/h4-11,13H,3,12H2,1-2H3,(H,19,20). The Labute approximate surface area is 120 Å². The van der Waals surface area contributed by atoms with Crippen LogP contribution in [-0.2, 0) is 6.54 Å². The molecule has 0 bridgehead atoms. The Balaban J connectivity index is 1.96. The van der Waals surface area contributed by atoms with E-state index in [4.69, 9.17) is 0 Å². The van der Waals surface area contributed by atoms with Gasteiger partial charge in [-0.15, -0.1) is 0 Å². The molecule has 20 heavy (non-hydrogen) atoms. The van der Waals surface area contributed by atoms with E-state index < -0.39 is 0 Å². The van der Waals surface area contributed by atoms with E-state index in [0.717, 1.165) is 12.0 Å². The van der Waals surface area contributed by atoms with E-state index in [1.54, 1.807) is 12.4 Å². The number of nitrogens with one attached hydrogen (secondary N) is 1. The molecule has 0 saturated heterocycles. The van der Waals surface area contributed by atoms with Gasteiger partial charge in [0.15, 0.2) is 0 Å². The third-order valence-electron chi connectivity index (χ3n) is 3.56. The van der Waals surface area contributed by atoms with Crippen molar-refractivity contribution in [1.82, 2.24) is 10.3 Å². The molecule has 0 aliphatic heterocycles. The van der Waals surface area contributed by atoms with Crippen LogP contribution in [0.3, 0.4) is 0 Å². The number of carbonyl (C=O) groups is 1. The number of amides is 1. The fourth-order valence-corrected chi connectivity index (χ4v) is 1.98. The number of pyridine rings is 1. The summed E-state index contributed by atoms with van der Waals surface area (Å²) in [5.74, 6) is 0.487. The highest BCUT2D eigenvalue weighted by atomic mass is 16.1. The molecule has 3 heteroatoms. The van der Waals surface area contributed by atoms with Crippen molar-refractivity contribution in [1.29, 1.82) is 0 Å². The van der Waals surface area contributed by atoms with Crippen molar-refractivity contribution >= 4 is 5.91 Å². The van der Waals surface area contributed by atoms with Gasteiger partial charge in [0.2, 0.25) is 0 Å². The number of rotatable bonds is 5. The van der Waals surface area contributed by atoms with Crippen LogP contribution in [0.4, 0.5) is 0 Å². The lowest BCUT2D eigenvalue weighted by molar-refractivity contribution is 0.0951. The van der Waals surface area contributed by atoms with E-state index >= 15 is 0 Å². The maximum atomic E-state index is 12.0. The SMILES string of the molecule is CCC(C)c1ccc(C(=O)NCc2ccncc2)cc1. The minimum Gasteiger partial charge on any atom is -0.348 e. The normalized spacial score (nSPS) is 11.9. The Bertz CT molecular complexity index is 549. The van der Waals surface area contributed by atoms with Gasteiger partial charge in [-0.05, 0) is 47.7 Å². The summed E-state index contributed by atoms with van der Waals surface area (Å²) in [6.45, 7) is 4.88. The lowest BCUT2D eigenvalue weighted by atomic mass is 9.97. The number of carbonyl (C=O) groups excluding carboxylic acids is 1. The quantitative estimate of drug-likeness (QED) is 0.901. The number of hydrogen-bond donors (Lipinski definition) is 1. The molecule has 1 heterocycles. The van der Waals surface area contributed by atoms with E-state index in [1.165, 1.54) is 5.56 Å². The molecule has 2 aromatic rings. The molecule has 1 atom stereocenters. The first-order chi connectivity index (χ1) is 9.70. The maximum absolute atomic E-state index is 12.0. The van der Waals surface area contributed by atoms with Crippen molar-refractivity contribution in [2.24, 2.45) is 0 Å². The highest BCUT2D eigenvalue weighted by molar-refractivity contribution is 5.94. The van der Waals surface area contributed by atoms with E-state index in [2.05, 4.69) is 24.1 Å². The van der Waals surface area contributed by atoms with Crippen LogP contribution >= 0.6 is 0 Å². The van der Waals surface area contributed by atoms with Crippen LogP contribution in [-0.4, -0.2) is 10.9 Å². The van der Waals surface area contributed by atoms with E-state index in [0.29, 0.717) is 18.0 Å². The van der Waals surface area contributed by atoms with Gasteiger partial charge < -0.3 is 5.32 Å². The molecule has 0 aliphatic rings. The van der Waals surface area contributed by atoms with Gasteiger partial charge in [-0.25, -0.2) is 0 Å². The summed E-state index contributed by atoms with van der Waals surface area (Å²) >= 11 is 0. The first kappa shape index (κ1) is 14.3. The molecular weight excluding hydrogens is 248 g/mol. The lowest BCUT2D eigenvalue weighted by Gasteiger charge is -2.10. The molecule has 0 saturated carbocycles. The van der Waals surface area contributed by atoms with Crippen molar-refractivity contribution in [2.45, 2.75) is 32.7 Å². The van der Waals surface area contributed by atoms with E-state index in [1.807, 2.05) is 36.4 Å². The molecule has 104 valence electrons. The summed E-state index contributed by atoms with van der Waals surface area (Å²) in [5.41, 5.74) is 3.02. The van der Waals surface area contributed by atoms with Gasteiger partial charge in [0.1, 0.15) is 0 Å². The summed E-state index contributed by atoms with van der Waals surface area (Å²) in [7, 11) is 0.